The third-order valence-corrected chi connectivity index (χ3v) is 3.28. The minimum atomic E-state index is -7.39. The quantitative estimate of drug-likeness (QED) is 0.404. The summed E-state index contributed by atoms with van der Waals surface area (Å²) in [4.78, 5) is 0. The molecular weight excluding hydrogens is 413 g/mol. The van der Waals surface area contributed by atoms with Crippen molar-refractivity contribution in [2.75, 3.05) is 6.61 Å². The van der Waals surface area contributed by atoms with E-state index < -0.39 is 41.5 Å². The molecule has 0 amide bonds. The van der Waals surface area contributed by atoms with Gasteiger partial charge in [0.2, 0.25) is 0 Å². The van der Waals surface area contributed by atoms with E-state index in [1.807, 2.05) is 0 Å². The molecule has 0 bridgehead atoms. The Morgan fingerprint density at radius 2 is 1.18 bits per heavy atom. The smallest absolute Gasteiger partial charge is 0.360 e. The Bertz CT molecular complexity index is 378. The largest absolute Gasteiger partial charge is 0.460 e. The molecule has 0 aromatic carbocycles. The number of hydrogen-bond acceptors (Lipinski definition) is 1. The van der Waals surface area contributed by atoms with Crippen LogP contribution in [0.1, 0.15) is 13.3 Å². The van der Waals surface area contributed by atoms with Crippen LogP contribution in [0.4, 0.5) is 48.3 Å². The minimum absolute atomic E-state index is 0.100. The standard InChI is InChI=1S/C9H8BrF11O/c1-2-4(10)22-3-5(11,12)6(13,14)7(15,16)8(17,18)9(19,20)21/h4H,2-3H2,1H3. The van der Waals surface area contributed by atoms with Crippen LogP contribution in [0.25, 0.3) is 0 Å². The molecule has 0 aliphatic carbocycles. The SMILES string of the molecule is CCC(Br)OCC(F)(F)C(F)(F)C(F)(F)C(F)(F)C(F)(F)F. The van der Waals surface area contributed by atoms with Crippen LogP contribution < -0.4 is 0 Å². The zero-order valence-corrected chi connectivity index (χ0v) is 12.0. The van der Waals surface area contributed by atoms with Gasteiger partial charge in [-0.25, -0.2) is 0 Å². The van der Waals surface area contributed by atoms with Crippen LogP contribution in [-0.4, -0.2) is 41.5 Å². The van der Waals surface area contributed by atoms with Gasteiger partial charge in [-0.3, -0.25) is 0 Å². The Morgan fingerprint density at radius 1 is 0.773 bits per heavy atom. The number of ether oxygens (including phenoxy) is 1. The van der Waals surface area contributed by atoms with Gasteiger partial charge in [0.15, 0.2) is 0 Å². The van der Waals surface area contributed by atoms with Gasteiger partial charge in [-0.05, 0) is 6.42 Å². The van der Waals surface area contributed by atoms with Gasteiger partial charge in [-0.2, -0.15) is 48.3 Å². The van der Waals surface area contributed by atoms with Gasteiger partial charge in [0.1, 0.15) is 11.6 Å². The second-order valence-electron chi connectivity index (χ2n) is 4.05. The number of alkyl halides is 12. The minimum Gasteiger partial charge on any atom is -0.360 e. The van der Waals surface area contributed by atoms with Gasteiger partial charge in [0, 0.05) is 0 Å². The van der Waals surface area contributed by atoms with Crippen molar-refractivity contribution in [1.82, 2.24) is 0 Å². The summed E-state index contributed by atoms with van der Waals surface area (Å²) in [6.07, 6.45) is -7.25. The van der Waals surface area contributed by atoms with E-state index in [2.05, 4.69) is 20.7 Å². The van der Waals surface area contributed by atoms with Crippen LogP contribution in [-0.2, 0) is 4.74 Å². The summed E-state index contributed by atoms with van der Waals surface area (Å²) in [5.74, 6) is -27.8. The zero-order valence-electron chi connectivity index (χ0n) is 10.4. The van der Waals surface area contributed by atoms with Crippen molar-refractivity contribution >= 4 is 15.9 Å². The second-order valence-corrected chi connectivity index (χ2v) is 5.08. The lowest BCUT2D eigenvalue weighted by Gasteiger charge is -2.37. The molecule has 0 aromatic heterocycles. The van der Waals surface area contributed by atoms with Gasteiger partial charge >= 0.3 is 29.9 Å². The average Bonchev–Trinajstić information content (AvgIpc) is 2.33. The van der Waals surface area contributed by atoms with E-state index in [1.165, 1.54) is 6.92 Å². The first-order chi connectivity index (χ1) is 9.45. The van der Waals surface area contributed by atoms with E-state index in [0.29, 0.717) is 0 Å². The lowest BCUT2D eigenvalue weighted by atomic mass is 9.98. The summed E-state index contributed by atoms with van der Waals surface area (Å²) in [7, 11) is 0. The van der Waals surface area contributed by atoms with Crippen LogP contribution >= 0.6 is 15.9 Å². The highest BCUT2D eigenvalue weighted by Crippen LogP contribution is 2.57. The van der Waals surface area contributed by atoms with Gasteiger partial charge < -0.3 is 4.74 Å². The number of halogens is 12. The van der Waals surface area contributed by atoms with Crippen LogP contribution in [0.5, 0.6) is 0 Å². The Kier molecular flexibility index (Phi) is 6.19. The first kappa shape index (κ1) is 21.7. The molecule has 0 saturated heterocycles. The average molecular weight is 421 g/mol. The lowest BCUT2D eigenvalue weighted by molar-refractivity contribution is -0.424. The molecule has 13 heteroatoms. The van der Waals surface area contributed by atoms with Gasteiger partial charge in [-0.15, -0.1) is 0 Å². The summed E-state index contributed by atoms with van der Waals surface area (Å²) >= 11 is 2.50. The molecule has 1 unspecified atom stereocenters. The summed E-state index contributed by atoms with van der Waals surface area (Å²) < 4.78 is 142. The number of hydrogen-bond donors (Lipinski definition) is 0. The van der Waals surface area contributed by atoms with Gasteiger partial charge in [-0.1, -0.05) is 22.9 Å². The summed E-state index contributed by atoms with van der Waals surface area (Å²) in [6.45, 7) is -1.20. The Morgan fingerprint density at radius 3 is 1.50 bits per heavy atom. The van der Waals surface area contributed by atoms with Crippen molar-refractivity contribution in [1.29, 1.82) is 0 Å². The molecular formula is C9H8BrF11O. The van der Waals surface area contributed by atoms with Crippen molar-refractivity contribution in [3.63, 3.8) is 0 Å². The molecule has 0 radical (unpaired) electrons. The fraction of sp³-hybridized carbons (Fsp3) is 1.00. The van der Waals surface area contributed by atoms with Crippen LogP contribution in [0, 0.1) is 0 Å². The Balaban J connectivity index is 5.59. The van der Waals surface area contributed by atoms with Crippen molar-refractivity contribution < 1.29 is 53.0 Å². The molecule has 0 spiro atoms. The molecule has 0 aliphatic heterocycles. The van der Waals surface area contributed by atoms with Crippen LogP contribution in [0.2, 0.25) is 0 Å². The first-order valence-electron chi connectivity index (χ1n) is 5.29. The van der Waals surface area contributed by atoms with E-state index >= 15 is 0 Å². The fourth-order valence-corrected chi connectivity index (χ4v) is 1.14. The molecule has 0 aliphatic rings. The van der Waals surface area contributed by atoms with Gasteiger partial charge in [0.05, 0.1) is 0 Å². The van der Waals surface area contributed by atoms with Crippen molar-refractivity contribution in [2.24, 2.45) is 0 Å². The van der Waals surface area contributed by atoms with Crippen LogP contribution in [0.15, 0.2) is 0 Å². The first-order valence-corrected chi connectivity index (χ1v) is 6.21. The van der Waals surface area contributed by atoms with E-state index in [0.717, 1.165) is 0 Å². The Hall–Kier alpha value is -0.330. The third kappa shape index (κ3) is 3.60. The number of rotatable bonds is 7. The maximum Gasteiger partial charge on any atom is 0.460 e. The summed E-state index contributed by atoms with van der Waals surface area (Å²) in [6, 6.07) is 0. The normalized spacial score (nSPS) is 16.8. The predicted molar refractivity (Wildman–Crippen MR) is 54.8 cm³/mol. The Labute approximate surface area is 124 Å². The topological polar surface area (TPSA) is 9.23 Å². The third-order valence-electron chi connectivity index (χ3n) is 2.37. The second kappa shape index (κ2) is 6.29. The zero-order chi connectivity index (χ0) is 18.2. The molecule has 0 heterocycles. The molecule has 0 fully saturated rings. The van der Waals surface area contributed by atoms with Crippen molar-refractivity contribution in [2.45, 2.75) is 48.2 Å². The highest BCUT2D eigenvalue weighted by atomic mass is 79.9. The monoisotopic (exact) mass is 420 g/mol. The molecule has 0 saturated carbocycles. The predicted octanol–water partition coefficient (Wildman–Crippen LogP) is 5.24. The molecule has 1 nitrogen and oxygen atoms in total. The molecule has 0 N–H and O–H groups in total. The van der Waals surface area contributed by atoms with Crippen molar-refractivity contribution in [3.05, 3.63) is 0 Å². The maximum absolute atomic E-state index is 13.0. The molecule has 1 atom stereocenters. The van der Waals surface area contributed by atoms with E-state index in [1.54, 1.807) is 0 Å². The van der Waals surface area contributed by atoms with Crippen LogP contribution in [0.3, 0.4) is 0 Å². The molecule has 0 rings (SSSR count). The molecule has 0 aromatic rings. The van der Waals surface area contributed by atoms with Gasteiger partial charge in [0.25, 0.3) is 0 Å². The van der Waals surface area contributed by atoms with E-state index in [-0.39, 0.29) is 6.42 Å². The highest BCUT2D eigenvalue weighted by Gasteiger charge is 2.87. The van der Waals surface area contributed by atoms with E-state index in [4.69, 9.17) is 0 Å². The summed E-state index contributed by atoms with van der Waals surface area (Å²) in [5.41, 5.74) is 0. The maximum atomic E-state index is 13.0. The lowest BCUT2D eigenvalue weighted by Crippen LogP contribution is -2.67. The van der Waals surface area contributed by atoms with Crippen molar-refractivity contribution in [3.8, 4) is 0 Å². The molecule has 134 valence electrons. The molecule has 22 heavy (non-hydrogen) atoms. The highest BCUT2D eigenvalue weighted by molar-refractivity contribution is 9.09. The fourth-order valence-electron chi connectivity index (χ4n) is 1.01. The van der Waals surface area contributed by atoms with E-state index in [9.17, 15) is 48.3 Å². The summed E-state index contributed by atoms with van der Waals surface area (Å²) in [5, 5.41) is -1.31.